The van der Waals surface area contributed by atoms with E-state index in [0.717, 1.165) is 5.92 Å². The molecule has 0 radical (unpaired) electrons. The van der Waals surface area contributed by atoms with Crippen molar-refractivity contribution in [2.24, 2.45) is 11.3 Å². The summed E-state index contributed by atoms with van der Waals surface area (Å²) in [6, 6.07) is 0. The summed E-state index contributed by atoms with van der Waals surface area (Å²) < 4.78 is 0. The molecular weight excluding hydrogens is 146 g/mol. The zero-order chi connectivity index (χ0) is 8.77. The van der Waals surface area contributed by atoms with Gasteiger partial charge >= 0.3 is 0 Å². The van der Waals surface area contributed by atoms with Crippen molar-refractivity contribution in [3.63, 3.8) is 0 Å². The first kappa shape index (κ1) is 8.31. The lowest BCUT2D eigenvalue weighted by Gasteiger charge is -2.46. The first-order valence-corrected chi connectivity index (χ1v) is 4.99. The second kappa shape index (κ2) is 2.59. The molecule has 1 aliphatic carbocycles. The van der Waals surface area contributed by atoms with E-state index in [1.54, 1.807) is 5.57 Å². The van der Waals surface area contributed by atoms with Crippen LogP contribution in [-0.4, -0.2) is 25.0 Å². The van der Waals surface area contributed by atoms with Crippen LogP contribution in [0.25, 0.3) is 0 Å². The Morgan fingerprint density at radius 3 is 2.50 bits per heavy atom. The minimum atomic E-state index is 0.675. The van der Waals surface area contributed by atoms with Gasteiger partial charge in [-0.25, -0.2) is 0 Å². The number of hydrogen-bond donors (Lipinski definition) is 0. The Kier molecular flexibility index (Phi) is 1.80. The van der Waals surface area contributed by atoms with Crippen molar-refractivity contribution < 1.29 is 0 Å². The number of rotatable bonds is 1. The lowest BCUT2D eigenvalue weighted by molar-refractivity contribution is 0.0318. The van der Waals surface area contributed by atoms with E-state index in [-0.39, 0.29) is 0 Å². The van der Waals surface area contributed by atoms with Crippen LogP contribution >= 0.6 is 0 Å². The highest BCUT2D eigenvalue weighted by Crippen LogP contribution is 2.45. The minimum absolute atomic E-state index is 0.675. The van der Waals surface area contributed by atoms with Crippen LogP contribution in [0.1, 0.15) is 26.7 Å². The molecule has 1 aliphatic heterocycles. The molecule has 1 fully saturated rings. The van der Waals surface area contributed by atoms with E-state index in [1.165, 1.54) is 25.9 Å². The number of hydrogen-bond acceptors (Lipinski definition) is 1. The van der Waals surface area contributed by atoms with Gasteiger partial charge in [-0.1, -0.05) is 25.5 Å². The third kappa shape index (κ3) is 1.20. The first-order valence-electron chi connectivity index (χ1n) is 4.99. The van der Waals surface area contributed by atoms with Gasteiger partial charge in [0.2, 0.25) is 0 Å². The van der Waals surface area contributed by atoms with Crippen molar-refractivity contribution in [1.82, 2.24) is 4.90 Å². The van der Waals surface area contributed by atoms with Crippen LogP contribution in [0, 0.1) is 11.3 Å². The second-order valence-electron chi connectivity index (χ2n) is 4.99. The summed E-state index contributed by atoms with van der Waals surface area (Å²) in [4.78, 5) is 2.43. The first-order chi connectivity index (χ1) is 5.61. The number of likely N-dealkylation sites (tertiary alicyclic amines) is 1. The summed E-state index contributed by atoms with van der Waals surface area (Å²) in [6.07, 6.45) is 5.19. The summed E-state index contributed by atoms with van der Waals surface area (Å²) in [7, 11) is 2.22. The van der Waals surface area contributed by atoms with Gasteiger partial charge in [0, 0.05) is 18.5 Å². The van der Waals surface area contributed by atoms with Gasteiger partial charge in [-0.15, -0.1) is 0 Å². The maximum Gasteiger partial charge on any atom is 0.00535 e. The Morgan fingerprint density at radius 2 is 2.08 bits per heavy atom. The number of allylic oxidation sites excluding steroid dienone is 2. The average Bonchev–Trinajstić information content (AvgIpc) is 2.31. The molecule has 0 aromatic rings. The van der Waals surface area contributed by atoms with Crippen molar-refractivity contribution in [2.75, 3.05) is 20.1 Å². The third-order valence-electron chi connectivity index (χ3n) is 3.33. The summed E-state index contributed by atoms with van der Waals surface area (Å²) in [6.45, 7) is 7.26. The predicted molar refractivity (Wildman–Crippen MR) is 52.1 cm³/mol. The van der Waals surface area contributed by atoms with Gasteiger partial charge in [0.05, 0.1) is 0 Å². The van der Waals surface area contributed by atoms with Crippen LogP contribution in [-0.2, 0) is 0 Å². The highest BCUT2D eigenvalue weighted by molar-refractivity contribution is 5.20. The Balaban J connectivity index is 1.95. The van der Waals surface area contributed by atoms with E-state index in [4.69, 9.17) is 0 Å². The highest BCUT2D eigenvalue weighted by Gasteiger charge is 2.43. The van der Waals surface area contributed by atoms with E-state index in [2.05, 4.69) is 31.9 Å². The second-order valence-corrected chi connectivity index (χ2v) is 4.99. The Bertz CT molecular complexity index is 209. The van der Waals surface area contributed by atoms with Crippen molar-refractivity contribution in [1.29, 1.82) is 0 Å². The molecule has 2 aliphatic rings. The van der Waals surface area contributed by atoms with Gasteiger partial charge in [-0.2, -0.15) is 0 Å². The van der Waals surface area contributed by atoms with Gasteiger partial charge in [-0.05, 0) is 25.8 Å². The van der Waals surface area contributed by atoms with Gasteiger partial charge < -0.3 is 4.90 Å². The van der Waals surface area contributed by atoms with E-state index >= 15 is 0 Å². The molecule has 1 saturated heterocycles. The summed E-state index contributed by atoms with van der Waals surface area (Å²) in [5, 5.41) is 0. The molecule has 0 atom stereocenters. The van der Waals surface area contributed by atoms with Crippen LogP contribution < -0.4 is 0 Å². The smallest absolute Gasteiger partial charge is 0.00535 e. The molecule has 1 nitrogen and oxygen atoms in total. The normalized spacial score (nSPS) is 27.8. The van der Waals surface area contributed by atoms with Crippen LogP contribution in [0.15, 0.2) is 11.6 Å². The maximum atomic E-state index is 2.48. The molecule has 1 heterocycles. The lowest BCUT2D eigenvalue weighted by Crippen LogP contribution is -2.52. The Labute approximate surface area is 75.4 Å². The van der Waals surface area contributed by atoms with Crippen LogP contribution in [0.4, 0.5) is 0 Å². The summed E-state index contributed by atoms with van der Waals surface area (Å²) in [5.41, 5.74) is 2.37. The monoisotopic (exact) mass is 165 g/mol. The zero-order valence-electron chi connectivity index (χ0n) is 8.43. The van der Waals surface area contributed by atoms with Gasteiger partial charge in [-0.3, -0.25) is 0 Å². The number of nitrogens with zero attached hydrogens (tertiary/aromatic N) is 1. The molecule has 0 aromatic heterocycles. The summed E-state index contributed by atoms with van der Waals surface area (Å²) >= 11 is 0. The topological polar surface area (TPSA) is 3.24 Å². The average molecular weight is 165 g/mol. The minimum Gasteiger partial charge on any atom is -0.305 e. The molecule has 2 rings (SSSR count). The lowest BCUT2D eigenvalue weighted by atomic mass is 9.76. The van der Waals surface area contributed by atoms with Crippen molar-refractivity contribution >= 4 is 0 Å². The Morgan fingerprint density at radius 1 is 1.42 bits per heavy atom. The van der Waals surface area contributed by atoms with Crippen LogP contribution in [0.2, 0.25) is 0 Å². The molecule has 0 saturated carbocycles. The molecule has 0 unspecified atom stereocenters. The fraction of sp³-hybridized carbons (Fsp3) is 0.818. The molecular formula is C11H19N. The molecule has 0 bridgehead atoms. The SMILES string of the molecule is CC(C)C1=CCC2(C1)CN(C)C2. The van der Waals surface area contributed by atoms with Crippen LogP contribution in [0.5, 0.6) is 0 Å². The molecule has 1 heteroatoms. The molecule has 0 N–H and O–H groups in total. The highest BCUT2D eigenvalue weighted by atomic mass is 15.2. The molecule has 12 heavy (non-hydrogen) atoms. The molecule has 0 aromatic carbocycles. The largest absolute Gasteiger partial charge is 0.305 e. The van der Waals surface area contributed by atoms with E-state index in [0.29, 0.717) is 5.41 Å². The van der Waals surface area contributed by atoms with Crippen LogP contribution in [0.3, 0.4) is 0 Å². The van der Waals surface area contributed by atoms with Crippen molar-refractivity contribution in [3.05, 3.63) is 11.6 Å². The van der Waals surface area contributed by atoms with Gasteiger partial charge in [0.15, 0.2) is 0 Å². The fourth-order valence-corrected chi connectivity index (χ4v) is 2.70. The van der Waals surface area contributed by atoms with Gasteiger partial charge in [0.25, 0.3) is 0 Å². The molecule has 68 valence electrons. The van der Waals surface area contributed by atoms with Crippen molar-refractivity contribution in [2.45, 2.75) is 26.7 Å². The van der Waals surface area contributed by atoms with E-state index in [1.807, 2.05) is 0 Å². The van der Waals surface area contributed by atoms with E-state index in [9.17, 15) is 0 Å². The zero-order valence-corrected chi connectivity index (χ0v) is 8.43. The van der Waals surface area contributed by atoms with E-state index < -0.39 is 0 Å². The fourth-order valence-electron chi connectivity index (χ4n) is 2.70. The predicted octanol–water partition coefficient (Wildman–Crippen LogP) is 2.29. The van der Waals surface area contributed by atoms with Crippen molar-refractivity contribution in [3.8, 4) is 0 Å². The maximum absolute atomic E-state index is 2.48. The third-order valence-corrected chi connectivity index (χ3v) is 3.33. The summed E-state index contributed by atoms with van der Waals surface area (Å²) in [5.74, 6) is 0.773. The quantitative estimate of drug-likeness (QED) is 0.539. The van der Waals surface area contributed by atoms with Gasteiger partial charge in [0.1, 0.15) is 0 Å². The standard InChI is InChI=1S/C11H19N/c1-9(2)10-4-5-11(6-10)7-12(3)8-11/h4,9H,5-8H2,1-3H3. The molecule has 1 spiro atoms. The Hall–Kier alpha value is -0.300. The molecule has 0 amide bonds.